The second kappa shape index (κ2) is 30.3. The first kappa shape index (κ1) is 54.0. The molecule has 8 nitrogen and oxygen atoms in total. The maximum absolute atomic E-state index is 6.53. The molecular formula is C64H88N4O4. The molecule has 0 radical (unpaired) electrons. The maximum Gasteiger partial charge on any atom is 0.123 e. The first-order chi connectivity index (χ1) is 35.5. The fourth-order valence-electron chi connectivity index (χ4n) is 9.87. The van der Waals surface area contributed by atoms with E-state index in [1.54, 1.807) is 0 Å². The Morgan fingerprint density at radius 1 is 0.306 bits per heavy atom. The minimum atomic E-state index is 0.688. The van der Waals surface area contributed by atoms with Crippen molar-refractivity contribution in [1.82, 2.24) is 19.9 Å². The lowest BCUT2D eigenvalue weighted by Crippen LogP contribution is -2.16. The Morgan fingerprint density at radius 3 is 0.931 bits per heavy atom. The van der Waals surface area contributed by atoms with Gasteiger partial charge in [0.1, 0.15) is 23.0 Å². The number of rotatable bonds is 34. The molecule has 0 spiro atoms. The third-order valence-electron chi connectivity index (χ3n) is 13.9. The van der Waals surface area contributed by atoms with Crippen LogP contribution in [0, 0.1) is 0 Å². The highest BCUT2D eigenvalue weighted by Crippen LogP contribution is 2.32. The highest BCUT2D eigenvalue weighted by molar-refractivity contribution is 5.81. The van der Waals surface area contributed by atoms with Crippen molar-refractivity contribution in [3.05, 3.63) is 140 Å². The molecule has 0 fully saturated rings. The molecule has 72 heavy (non-hydrogen) atoms. The van der Waals surface area contributed by atoms with Gasteiger partial charge in [-0.25, -0.2) is 0 Å². The van der Waals surface area contributed by atoms with Crippen molar-refractivity contribution in [3.63, 3.8) is 0 Å². The van der Waals surface area contributed by atoms with E-state index in [0.29, 0.717) is 26.4 Å². The van der Waals surface area contributed by atoms with Gasteiger partial charge in [-0.15, -0.1) is 0 Å². The molecule has 1 aliphatic heterocycles. The molecule has 8 bridgehead atoms. The van der Waals surface area contributed by atoms with Gasteiger partial charge in [-0.2, -0.15) is 0 Å². The molecule has 388 valence electrons. The molecule has 0 unspecified atom stereocenters. The van der Waals surface area contributed by atoms with E-state index in [9.17, 15) is 0 Å². The fourth-order valence-corrected chi connectivity index (χ4v) is 9.87. The molecule has 0 saturated carbocycles. The van der Waals surface area contributed by atoms with E-state index in [2.05, 4.69) is 145 Å². The predicted molar refractivity (Wildman–Crippen MR) is 300 cm³/mol. The lowest BCUT2D eigenvalue weighted by molar-refractivity contribution is 0.289. The van der Waals surface area contributed by atoms with E-state index < -0.39 is 0 Å². The van der Waals surface area contributed by atoms with E-state index in [-0.39, 0.29) is 0 Å². The van der Waals surface area contributed by atoms with Crippen molar-refractivity contribution in [2.45, 2.75) is 182 Å². The highest BCUT2D eigenvalue weighted by Gasteiger charge is 2.17. The molecule has 0 aliphatic carbocycles. The number of aromatic nitrogens is 4. The van der Waals surface area contributed by atoms with Crippen LogP contribution in [0.3, 0.4) is 0 Å². The number of ether oxygens (including phenoxy) is 4. The summed E-state index contributed by atoms with van der Waals surface area (Å²) in [5, 5.41) is 4.00. The standard InChI is InChI=1S/C64H88N4O4/c1-5-9-13-17-21-25-37-69-55-41-49(42-56(47-55)70-38-26-22-18-14-10-6-2)63-59-33-29-51(65-59)45-53-31-35-61(67-53)64(62-36-32-54(68-62)46-52-30-34-60(63)66-52)50-43-57(71-39-27-23-19-15-11-7-3)48-58(44-50)72-40-28-24-20-16-12-8-4/h29-36,41-48,65-68H,5-28,37-40H2,1-4H3. The molecule has 1 aliphatic rings. The number of hydrogen-bond acceptors (Lipinski definition) is 4. The van der Waals surface area contributed by atoms with Crippen LogP contribution in [-0.4, -0.2) is 46.4 Å². The second-order valence-electron chi connectivity index (χ2n) is 20.2. The number of nitrogens with one attached hydrogen (secondary N) is 4. The van der Waals surface area contributed by atoms with Crippen molar-refractivity contribution in [3.8, 4) is 23.0 Å². The lowest BCUT2D eigenvalue weighted by Gasteiger charge is -2.14. The number of hydrogen-bond donors (Lipinski definition) is 4. The smallest absolute Gasteiger partial charge is 0.123 e. The van der Waals surface area contributed by atoms with E-state index in [4.69, 9.17) is 18.9 Å². The zero-order valence-electron chi connectivity index (χ0n) is 44.7. The molecule has 0 saturated heterocycles. The van der Waals surface area contributed by atoms with Gasteiger partial charge in [0.15, 0.2) is 0 Å². The molecule has 4 aromatic heterocycles. The van der Waals surface area contributed by atoms with Gasteiger partial charge in [-0.3, -0.25) is 0 Å². The topological polar surface area (TPSA) is 100 Å². The average molecular weight is 977 g/mol. The number of fused-ring (bicyclic) bond motifs is 8. The summed E-state index contributed by atoms with van der Waals surface area (Å²) in [6.07, 6.45) is 33.7. The molecule has 7 rings (SSSR count). The van der Waals surface area contributed by atoms with Gasteiger partial charge in [0.25, 0.3) is 0 Å². The summed E-state index contributed by atoms with van der Waals surface area (Å²) in [5.74, 6) is 3.36. The number of H-pyrrole nitrogens is 4. The van der Waals surface area contributed by atoms with Gasteiger partial charge in [-0.05, 0) is 122 Å². The molecule has 5 heterocycles. The van der Waals surface area contributed by atoms with E-state index >= 15 is 0 Å². The predicted octanol–water partition coefficient (Wildman–Crippen LogP) is 14.4. The molecule has 0 atom stereocenters. The first-order valence-electron chi connectivity index (χ1n) is 28.6. The normalized spacial score (nSPS) is 12.2. The molecular weight excluding hydrogens is 889 g/mol. The summed E-state index contributed by atoms with van der Waals surface area (Å²) in [6.45, 7) is 11.8. The van der Waals surface area contributed by atoms with Gasteiger partial charge in [0.05, 0.1) is 26.4 Å². The van der Waals surface area contributed by atoms with Crippen LogP contribution in [0.2, 0.25) is 0 Å². The zero-order valence-corrected chi connectivity index (χ0v) is 44.7. The Bertz CT molecular complexity index is 2490. The SMILES string of the molecule is CCCCCCCCOc1cc(OCCCCCCCC)cc(C2=c3ccc([nH]3)=Cc3ccc([nH]3)C(c3cc(OCCCCCCCC)cc(OCCCCCCCC)c3)=c3ccc([nH]3)=Cc3ccc2[nH]3)c1. The van der Waals surface area contributed by atoms with Crippen molar-refractivity contribution in [2.24, 2.45) is 0 Å². The van der Waals surface area contributed by atoms with Crippen LogP contribution in [0.25, 0.3) is 23.3 Å². The van der Waals surface area contributed by atoms with E-state index in [1.807, 2.05) is 0 Å². The monoisotopic (exact) mass is 977 g/mol. The second-order valence-corrected chi connectivity index (χ2v) is 20.2. The quantitative estimate of drug-likeness (QED) is 0.0302. The largest absolute Gasteiger partial charge is 0.493 e. The van der Waals surface area contributed by atoms with Gasteiger partial charge in [0.2, 0.25) is 0 Å². The van der Waals surface area contributed by atoms with Crippen LogP contribution in [0.1, 0.15) is 216 Å². The van der Waals surface area contributed by atoms with Crippen molar-refractivity contribution < 1.29 is 18.9 Å². The highest BCUT2D eigenvalue weighted by atomic mass is 16.5. The lowest BCUT2D eigenvalue weighted by atomic mass is 10.0. The van der Waals surface area contributed by atoms with Crippen LogP contribution >= 0.6 is 0 Å². The number of aromatic amines is 4. The van der Waals surface area contributed by atoms with E-state index in [0.717, 1.165) is 115 Å². The maximum atomic E-state index is 6.53. The van der Waals surface area contributed by atoms with Crippen LogP contribution in [-0.2, 0) is 0 Å². The van der Waals surface area contributed by atoms with Crippen molar-refractivity contribution in [2.75, 3.05) is 26.4 Å². The van der Waals surface area contributed by atoms with E-state index in [1.165, 1.54) is 128 Å². The molecule has 4 N–H and O–H groups in total. The third-order valence-corrected chi connectivity index (χ3v) is 13.9. The third kappa shape index (κ3) is 17.2. The molecule has 6 aromatic rings. The summed E-state index contributed by atoms with van der Waals surface area (Å²) < 4.78 is 26.1. The van der Waals surface area contributed by atoms with Gasteiger partial charge < -0.3 is 38.9 Å². The molecule has 2 aromatic carbocycles. The summed E-state index contributed by atoms with van der Waals surface area (Å²) in [7, 11) is 0. The fraction of sp³-hybridized carbons (Fsp3) is 0.500. The minimum absolute atomic E-state index is 0.688. The summed E-state index contributed by atoms with van der Waals surface area (Å²) in [6, 6.07) is 30.3. The Kier molecular flexibility index (Phi) is 22.7. The Balaban J connectivity index is 1.23. The van der Waals surface area contributed by atoms with Crippen molar-refractivity contribution >= 4 is 23.3 Å². The van der Waals surface area contributed by atoms with Crippen LogP contribution in [0.5, 0.6) is 23.0 Å². The number of unbranched alkanes of at least 4 members (excludes halogenated alkanes) is 20. The average Bonchev–Trinajstić information content (AvgIpc) is 4.24. The Labute approximate surface area is 431 Å². The van der Waals surface area contributed by atoms with Crippen LogP contribution < -0.4 is 40.3 Å². The summed E-state index contributed by atoms with van der Waals surface area (Å²) >= 11 is 0. The van der Waals surface area contributed by atoms with Crippen LogP contribution in [0.4, 0.5) is 0 Å². The van der Waals surface area contributed by atoms with Gasteiger partial charge >= 0.3 is 0 Å². The van der Waals surface area contributed by atoms with Crippen molar-refractivity contribution in [1.29, 1.82) is 0 Å². The molecule has 8 heteroatoms. The first-order valence-corrected chi connectivity index (χ1v) is 28.6. The van der Waals surface area contributed by atoms with Crippen LogP contribution in [0.15, 0.2) is 84.9 Å². The minimum Gasteiger partial charge on any atom is -0.493 e. The molecule has 0 amide bonds. The Morgan fingerprint density at radius 2 is 0.611 bits per heavy atom. The number of benzene rings is 2. The van der Waals surface area contributed by atoms with Gasteiger partial charge in [-0.1, -0.05) is 156 Å². The Hall–Kier alpha value is -5.76. The summed E-state index contributed by atoms with van der Waals surface area (Å²) in [5.41, 5.74) is 8.18. The van der Waals surface area contributed by atoms with Gasteiger partial charge in [0, 0.05) is 67.5 Å². The zero-order chi connectivity index (χ0) is 50.0. The summed E-state index contributed by atoms with van der Waals surface area (Å²) in [4.78, 5) is 15.2.